The molecule has 1 aromatic carbocycles. The molecule has 1 aromatic heterocycles. The Balaban J connectivity index is 2.46. The van der Waals surface area contributed by atoms with Crippen LogP contribution in [0, 0.1) is 0 Å². The van der Waals surface area contributed by atoms with Crippen molar-refractivity contribution in [3.05, 3.63) is 30.6 Å². The highest BCUT2D eigenvalue weighted by molar-refractivity contribution is 5.37. The average Bonchev–Trinajstić information content (AvgIpc) is 2.52. The van der Waals surface area contributed by atoms with E-state index in [0.29, 0.717) is 0 Å². The molecule has 2 rings (SSSR count). The van der Waals surface area contributed by atoms with E-state index in [-0.39, 0.29) is 11.7 Å². The average molecular weight is 176 g/mol. The Labute approximate surface area is 74.4 Å². The zero-order valence-corrected chi connectivity index (χ0v) is 6.75. The highest BCUT2D eigenvalue weighted by Crippen LogP contribution is 2.13. The Hall–Kier alpha value is -2.04. The molecular formula is C8H8N4O. The zero-order valence-electron chi connectivity index (χ0n) is 6.75. The number of phenolic OH excluding ortho intramolecular Hbond substituents is 1. The first-order chi connectivity index (χ1) is 6.25. The molecule has 0 fully saturated rings. The van der Waals surface area contributed by atoms with Crippen LogP contribution in [0.15, 0.2) is 30.6 Å². The summed E-state index contributed by atoms with van der Waals surface area (Å²) in [4.78, 5) is 3.77. The second-order valence-corrected chi connectivity index (χ2v) is 2.57. The molecular weight excluding hydrogens is 168 g/mol. The van der Waals surface area contributed by atoms with Crippen molar-refractivity contribution in [1.29, 1.82) is 0 Å². The van der Waals surface area contributed by atoms with E-state index in [1.807, 2.05) is 0 Å². The van der Waals surface area contributed by atoms with Gasteiger partial charge in [-0.1, -0.05) is 6.07 Å². The molecule has 0 amide bonds. The first-order valence-corrected chi connectivity index (χ1v) is 3.72. The molecule has 0 saturated carbocycles. The monoisotopic (exact) mass is 176 g/mol. The van der Waals surface area contributed by atoms with Crippen LogP contribution in [0.5, 0.6) is 5.75 Å². The van der Waals surface area contributed by atoms with Gasteiger partial charge in [0.15, 0.2) is 0 Å². The normalized spacial score (nSPS) is 10.2. The van der Waals surface area contributed by atoms with Gasteiger partial charge in [0.05, 0.1) is 5.69 Å². The maximum atomic E-state index is 9.19. The van der Waals surface area contributed by atoms with Gasteiger partial charge in [0.25, 0.3) is 0 Å². The van der Waals surface area contributed by atoms with Gasteiger partial charge >= 0.3 is 0 Å². The summed E-state index contributed by atoms with van der Waals surface area (Å²) < 4.78 is 1.50. The van der Waals surface area contributed by atoms with E-state index in [4.69, 9.17) is 5.73 Å². The highest BCUT2D eigenvalue weighted by Gasteiger charge is 1.99. The lowest BCUT2D eigenvalue weighted by molar-refractivity contribution is 0.475. The first-order valence-electron chi connectivity index (χ1n) is 3.72. The topological polar surface area (TPSA) is 77.0 Å². The Morgan fingerprint density at radius 3 is 2.85 bits per heavy atom. The molecule has 2 aromatic rings. The van der Waals surface area contributed by atoms with Crippen molar-refractivity contribution < 1.29 is 5.11 Å². The summed E-state index contributed by atoms with van der Waals surface area (Å²) in [6.45, 7) is 0. The molecule has 0 spiro atoms. The third-order valence-electron chi connectivity index (χ3n) is 1.60. The summed E-state index contributed by atoms with van der Waals surface area (Å²) in [6, 6.07) is 6.69. The summed E-state index contributed by atoms with van der Waals surface area (Å²) in [5.41, 5.74) is 6.07. The second kappa shape index (κ2) is 2.78. The van der Waals surface area contributed by atoms with Gasteiger partial charge in [-0.2, -0.15) is 0 Å². The van der Waals surface area contributed by atoms with Crippen molar-refractivity contribution in [2.45, 2.75) is 0 Å². The SMILES string of the molecule is Nc1ncn(-c2cccc(O)c2)n1. The molecule has 0 aliphatic carbocycles. The van der Waals surface area contributed by atoms with Crippen molar-refractivity contribution in [3.8, 4) is 11.4 Å². The van der Waals surface area contributed by atoms with Crippen LogP contribution in [0.25, 0.3) is 5.69 Å². The van der Waals surface area contributed by atoms with Crippen molar-refractivity contribution in [3.63, 3.8) is 0 Å². The summed E-state index contributed by atoms with van der Waals surface area (Å²) in [7, 11) is 0. The minimum absolute atomic E-state index is 0.187. The zero-order chi connectivity index (χ0) is 9.26. The smallest absolute Gasteiger partial charge is 0.239 e. The van der Waals surface area contributed by atoms with Crippen LogP contribution in [0.1, 0.15) is 0 Å². The third kappa shape index (κ3) is 1.44. The number of nitrogens with zero attached hydrogens (tertiary/aromatic N) is 3. The molecule has 0 aliphatic rings. The first kappa shape index (κ1) is 7.60. The lowest BCUT2D eigenvalue weighted by atomic mass is 10.3. The number of phenols is 1. The number of anilines is 1. The van der Waals surface area contributed by atoms with E-state index < -0.39 is 0 Å². The van der Waals surface area contributed by atoms with E-state index in [9.17, 15) is 5.11 Å². The van der Waals surface area contributed by atoms with Crippen LogP contribution in [0.3, 0.4) is 0 Å². The van der Waals surface area contributed by atoms with Crippen LogP contribution >= 0.6 is 0 Å². The van der Waals surface area contributed by atoms with Crippen LogP contribution in [0.2, 0.25) is 0 Å². The van der Waals surface area contributed by atoms with Crippen molar-refractivity contribution in [1.82, 2.24) is 14.8 Å². The number of benzene rings is 1. The van der Waals surface area contributed by atoms with Crippen LogP contribution in [-0.2, 0) is 0 Å². The molecule has 0 atom stereocenters. The lowest BCUT2D eigenvalue weighted by Crippen LogP contribution is -1.95. The van der Waals surface area contributed by atoms with Gasteiger partial charge in [0.2, 0.25) is 5.95 Å². The maximum Gasteiger partial charge on any atom is 0.239 e. The number of rotatable bonds is 1. The van der Waals surface area contributed by atoms with Gasteiger partial charge in [-0.3, -0.25) is 0 Å². The molecule has 0 aliphatic heterocycles. The summed E-state index contributed by atoms with van der Waals surface area (Å²) >= 11 is 0. The van der Waals surface area contributed by atoms with Gasteiger partial charge in [-0.05, 0) is 12.1 Å². The van der Waals surface area contributed by atoms with Crippen LogP contribution in [0.4, 0.5) is 5.95 Å². The molecule has 0 unspecified atom stereocenters. The Morgan fingerprint density at radius 1 is 1.38 bits per heavy atom. The number of aromatic hydroxyl groups is 1. The number of hydrogen-bond acceptors (Lipinski definition) is 4. The Morgan fingerprint density at radius 2 is 2.23 bits per heavy atom. The van der Waals surface area contributed by atoms with Crippen LogP contribution < -0.4 is 5.73 Å². The minimum atomic E-state index is 0.187. The lowest BCUT2D eigenvalue weighted by Gasteiger charge is -1.99. The fourth-order valence-electron chi connectivity index (χ4n) is 1.04. The molecule has 3 N–H and O–H groups in total. The van der Waals surface area contributed by atoms with E-state index in [0.717, 1.165) is 5.69 Å². The largest absolute Gasteiger partial charge is 0.508 e. The molecule has 66 valence electrons. The maximum absolute atomic E-state index is 9.19. The van der Waals surface area contributed by atoms with Crippen molar-refractivity contribution in [2.24, 2.45) is 0 Å². The van der Waals surface area contributed by atoms with Gasteiger partial charge in [0.1, 0.15) is 12.1 Å². The summed E-state index contributed by atoms with van der Waals surface area (Å²) in [5, 5.41) is 13.1. The summed E-state index contributed by atoms with van der Waals surface area (Å²) in [6.07, 6.45) is 1.49. The van der Waals surface area contributed by atoms with E-state index in [2.05, 4.69) is 10.1 Å². The number of nitrogens with two attached hydrogens (primary N) is 1. The predicted octanol–water partition coefficient (Wildman–Crippen LogP) is 0.555. The Bertz CT molecular complexity index is 424. The van der Waals surface area contributed by atoms with Crippen molar-refractivity contribution >= 4 is 5.95 Å². The minimum Gasteiger partial charge on any atom is -0.508 e. The van der Waals surface area contributed by atoms with Gasteiger partial charge < -0.3 is 10.8 Å². The quantitative estimate of drug-likeness (QED) is 0.665. The van der Waals surface area contributed by atoms with E-state index in [1.54, 1.807) is 24.3 Å². The molecule has 0 radical (unpaired) electrons. The van der Waals surface area contributed by atoms with Crippen LogP contribution in [-0.4, -0.2) is 19.9 Å². The van der Waals surface area contributed by atoms with Gasteiger partial charge in [0, 0.05) is 6.07 Å². The fourth-order valence-corrected chi connectivity index (χ4v) is 1.04. The molecule has 0 saturated heterocycles. The van der Waals surface area contributed by atoms with Crippen molar-refractivity contribution in [2.75, 3.05) is 5.73 Å². The predicted molar refractivity (Wildman–Crippen MR) is 47.4 cm³/mol. The molecule has 5 heteroatoms. The number of hydrogen-bond donors (Lipinski definition) is 2. The fraction of sp³-hybridized carbons (Fsp3) is 0. The van der Waals surface area contributed by atoms with E-state index in [1.165, 1.54) is 11.0 Å². The number of aromatic nitrogens is 3. The highest BCUT2D eigenvalue weighted by atomic mass is 16.3. The van der Waals surface area contributed by atoms with Gasteiger partial charge in [-0.25, -0.2) is 9.67 Å². The molecule has 13 heavy (non-hydrogen) atoms. The third-order valence-corrected chi connectivity index (χ3v) is 1.60. The second-order valence-electron chi connectivity index (χ2n) is 2.57. The summed E-state index contributed by atoms with van der Waals surface area (Å²) in [5.74, 6) is 0.398. The molecule has 5 nitrogen and oxygen atoms in total. The van der Waals surface area contributed by atoms with Gasteiger partial charge in [-0.15, -0.1) is 5.10 Å². The molecule has 0 bridgehead atoms. The molecule has 1 heterocycles. The van der Waals surface area contributed by atoms with E-state index >= 15 is 0 Å². The Kier molecular flexibility index (Phi) is 1.63. The number of nitrogen functional groups attached to an aromatic ring is 1. The standard InChI is InChI=1S/C8H8N4O/c9-8-10-5-12(11-8)6-2-1-3-7(13)4-6/h1-5,13H,(H2,9,11).